The fourth-order valence-corrected chi connectivity index (χ4v) is 3.30. The molecule has 2 aromatic heterocycles. The van der Waals surface area contributed by atoms with Crippen molar-refractivity contribution in [1.29, 1.82) is 0 Å². The summed E-state index contributed by atoms with van der Waals surface area (Å²) >= 11 is 0. The molecular formula is C22H25N7O2. The highest BCUT2D eigenvalue weighted by atomic mass is 16.5. The van der Waals surface area contributed by atoms with Crippen LogP contribution in [-0.4, -0.2) is 42.2 Å². The van der Waals surface area contributed by atoms with E-state index in [-0.39, 0.29) is 18.6 Å². The summed E-state index contributed by atoms with van der Waals surface area (Å²) in [6.07, 6.45) is 2.66. The largest absolute Gasteiger partial charge is 0.486 e. The molecule has 0 saturated carbocycles. The molecule has 0 spiro atoms. The molecule has 1 amide bonds. The topological polar surface area (TPSA) is 99.8 Å². The molecule has 4 aromatic rings. The number of nitrogens with zero attached hydrogens (tertiary/aromatic N) is 6. The molecule has 0 aliphatic heterocycles. The third kappa shape index (κ3) is 4.88. The van der Waals surface area contributed by atoms with Crippen molar-refractivity contribution < 1.29 is 9.53 Å². The van der Waals surface area contributed by atoms with E-state index in [0.29, 0.717) is 23.7 Å². The van der Waals surface area contributed by atoms with Gasteiger partial charge in [-0.25, -0.2) is 9.67 Å². The van der Waals surface area contributed by atoms with E-state index < -0.39 is 0 Å². The summed E-state index contributed by atoms with van der Waals surface area (Å²) in [7, 11) is 0. The van der Waals surface area contributed by atoms with Gasteiger partial charge in [-0.15, -0.1) is 5.10 Å². The highest BCUT2D eigenvalue weighted by Crippen LogP contribution is 2.15. The summed E-state index contributed by atoms with van der Waals surface area (Å²) in [6, 6.07) is 15.2. The molecule has 2 aromatic carbocycles. The van der Waals surface area contributed by atoms with Crippen LogP contribution in [-0.2, 0) is 13.2 Å². The molecule has 9 heteroatoms. The minimum Gasteiger partial charge on any atom is -0.486 e. The number of fused-ring (bicyclic) bond motifs is 1. The molecule has 0 unspecified atom stereocenters. The Morgan fingerprint density at radius 1 is 1.13 bits per heavy atom. The number of carbonyl (C=O) groups excluding carboxylic acids is 1. The van der Waals surface area contributed by atoms with Crippen LogP contribution < -0.4 is 10.1 Å². The van der Waals surface area contributed by atoms with Crippen LogP contribution in [0.2, 0.25) is 0 Å². The van der Waals surface area contributed by atoms with Gasteiger partial charge in [-0.3, -0.25) is 4.79 Å². The maximum atomic E-state index is 12.4. The van der Waals surface area contributed by atoms with E-state index in [1.54, 1.807) is 28.9 Å². The first kappa shape index (κ1) is 20.5. The second-order valence-corrected chi connectivity index (χ2v) is 7.48. The lowest BCUT2D eigenvalue weighted by atomic mass is 10.2. The average Bonchev–Trinajstić information content (AvgIpc) is 3.43. The summed E-state index contributed by atoms with van der Waals surface area (Å²) in [5.74, 6) is 1.20. The van der Waals surface area contributed by atoms with Crippen LogP contribution in [0.3, 0.4) is 0 Å². The Balaban J connectivity index is 1.24. The second kappa shape index (κ2) is 9.38. The van der Waals surface area contributed by atoms with Crippen LogP contribution in [0.1, 0.15) is 42.5 Å². The Morgan fingerprint density at radius 3 is 2.74 bits per heavy atom. The van der Waals surface area contributed by atoms with E-state index in [4.69, 9.17) is 4.74 Å². The molecule has 31 heavy (non-hydrogen) atoms. The number of aromatic nitrogens is 6. The number of amides is 1. The summed E-state index contributed by atoms with van der Waals surface area (Å²) in [4.78, 5) is 16.8. The van der Waals surface area contributed by atoms with Gasteiger partial charge in [-0.1, -0.05) is 12.1 Å². The SMILES string of the molecule is CC(C)n1nnnc1COc1ccc(C(=O)NCCCn2cnc3ccccc32)cc1. The first-order chi connectivity index (χ1) is 15.1. The Labute approximate surface area is 180 Å². The molecule has 0 fully saturated rings. The minimum absolute atomic E-state index is 0.106. The number of benzene rings is 2. The molecule has 0 aliphatic rings. The van der Waals surface area contributed by atoms with Gasteiger partial charge in [0.15, 0.2) is 5.82 Å². The van der Waals surface area contributed by atoms with Crippen LogP contribution in [0.5, 0.6) is 5.75 Å². The zero-order valence-electron chi connectivity index (χ0n) is 17.6. The van der Waals surface area contributed by atoms with E-state index in [2.05, 4.69) is 30.4 Å². The zero-order valence-corrected chi connectivity index (χ0v) is 17.6. The van der Waals surface area contributed by atoms with Crippen LogP contribution in [0.4, 0.5) is 0 Å². The van der Waals surface area contributed by atoms with Crippen molar-refractivity contribution in [3.05, 3.63) is 66.2 Å². The molecule has 0 saturated heterocycles. The van der Waals surface area contributed by atoms with E-state index in [1.807, 2.05) is 44.4 Å². The maximum Gasteiger partial charge on any atom is 0.251 e. The van der Waals surface area contributed by atoms with Gasteiger partial charge >= 0.3 is 0 Å². The van der Waals surface area contributed by atoms with E-state index in [1.165, 1.54) is 0 Å². The number of hydrogen-bond acceptors (Lipinski definition) is 6. The fraction of sp³-hybridized carbons (Fsp3) is 0.318. The van der Waals surface area contributed by atoms with Crippen molar-refractivity contribution in [1.82, 2.24) is 35.1 Å². The summed E-state index contributed by atoms with van der Waals surface area (Å²) < 4.78 is 9.56. The quantitative estimate of drug-likeness (QED) is 0.419. The smallest absolute Gasteiger partial charge is 0.251 e. The van der Waals surface area contributed by atoms with Crippen molar-refractivity contribution >= 4 is 16.9 Å². The molecule has 0 atom stereocenters. The number of para-hydroxylation sites is 2. The number of rotatable bonds is 9. The second-order valence-electron chi connectivity index (χ2n) is 7.48. The predicted octanol–water partition coefficient (Wildman–Crippen LogP) is 3.00. The van der Waals surface area contributed by atoms with Crippen LogP contribution in [0, 0.1) is 0 Å². The lowest BCUT2D eigenvalue weighted by Crippen LogP contribution is -2.25. The number of nitrogens with one attached hydrogen (secondary N) is 1. The normalized spacial score (nSPS) is 11.2. The highest BCUT2D eigenvalue weighted by molar-refractivity contribution is 5.94. The molecule has 4 rings (SSSR count). The van der Waals surface area contributed by atoms with Crippen molar-refractivity contribution in [2.45, 2.75) is 39.5 Å². The lowest BCUT2D eigenvalue weighted by molar-refractivity contribution is 0.0952. The van der Waals surface area contributed by atoms with Gasteiger partial charge in [0, 0.05) is 18.7 Å². The molecule has 9 nitrogen and oxygen atoms in total. The molecule has 0 radical (unpaired) electrons. The number of imidazole rings is 1. The number of ether oxygens (including phenoxy) is 1. The van der Waals surface area contributed by atoms with Crippen molar-refractivity contribution in [3.63, 3.8) is 0 Å². The summed E-state index contributed by atoms with van der Waals surface area (Å²) in [6.45, 7) is 5.65. The highest BCUT2D eigenvalue weighted by Gasteiger charge is 2.10. The van der Waals surface area contributed by atoms with Gasteiger partial charge in [0.1, 0.15) is 12.4 Å². The van der Waals surface area contributed by atoms with Gasteiger partial charge in [-0.05, 0) is 67.1 Å². The molecule has 160 valence electrons. The van der Waals surface area contributed by atoms with Crippen molar-refractivity contribution in [3.8, 4) is 5.75 Å². The molecule has 2 heterocycles. The number of hydrogen-bond donors (Lipinski definition) is 1. The monoisotopic (exact) mass is 419 g/mol. The van der Waals surface area contributed by atoms with Crippen molar-refractivity contribution in [2.24, 2.45) is 0 Å². The van der Waals surface area contributed by atoms with Gasteiger partial charge in [-0.2, -0.15) is 0 Å². The van der Waals surface area contributed by atoms with Gasteiger partial charge in [0.05, 0.1) is 23.4 Å². The molecule has 0 bridgehead atoms. The van der Waals surface area contributed by atoms with Crippen LogP contribution in [0.15, 0.2) is 54.9 Å². The van der Waals surface area contributed by atoms with Gasteiger partial charge in [0.25, 0.3) is 5.91 Å². The average molecular weight is 419 g/mol. The van der Waals surface area contributed by atoms with Crippen molar-refractivity contribution in [2.75, 3.05) is 6.54 Å². The Bertz CT molecular complexity index is 1150. The van der Waals surface area contributed by atoms with Gasteiger partial charge < -0.3 is 14.6 Å². The zero-order chi connectivity index (χ0) is 21.6. The third-order valence-corrected chi connectivity index (χ3v) is 4.92. The maximum absolute atomic E-state index is 12.4. The number of aryl methyl sites for hydroxylation is 1. The lowest BCUT2D eigenvalue weighted by Gasteiger charge is -2.10. The Kier molecular flexibility index (Phi) is 6.21. The number of carbonyl (C=O) groups is 1. The molecular weight excluding hydrogens is 394 g/mol. The van der Waals surface area contributed by atoms with Crippen LogP contribution >= 0.6 is 0 Å². The van der Waals surface area contributed by atoms with E-state index in [9.17, 15) is 4.79 Å². The molecule has 1 N–H and O–H groups in total. The first-order valence-corrected chi connectivity index (χ1v) is 10.3. The standard InChI is InChI=1S/C22H25N7O2/c1-16(2)29-21(25-26-27-29)14-31-18-10-8-17(9-11-18)22(30)23-12-5-13-28-15-24-19-6-3-4-7-20(19)28/h3-4,6-11,15-16H,5,12-14H2,1-2H3,(H,23,30). The number of tetrazole rings is 1. The third-order valence-electron chi connectivity index (χ3n) is 4.92. The predicted molar refractivity (Wildman–Crippen MR) is 116 cm³/mol. The summed E-state index contributed by atoms with van der Waals surface area (Å²) in [5, 5.41) is 14.6. The van der Waals surface area contributed by atoms with E-state index in [0.717, 1.165) is 24.0 Å². The fourth-order valence-electron chi connectivity index (χ4n) is 3.30. The first-order valence-electron chi connectivity index (χ1n) is 10.3. The minimum atomic E-state index is -0.106. The van der Waals surface area contributed by atoms with Crippen LogP contribution in [0.25, 0.3) is 11.0 Å². The molecule has 0 aliphatic carbocycles. The Morgan fingerprint density at radius 2 is 1.94 bits per heavy atom. The van der Waals surface area contributed by atoms with E-state index >= 15 is 0 Å². The van der Waals surface area contributed by atoms with Gasteiger partial charge in [0.2, 0.25) is 0 Å². The Hall–Kier alpha value is -3.75. The summed E-state index contributed by atoms with van der Waals surface area (Å²) in [5.41, 5.74) is 2.67.